The van der Waals surface area contributed by atoms with Gasteiger partial charge in [0.15, 0.2) is 0 Å². The quantitative estimate of drug-likeness (QED) is 0.566. The first-order valence-corrected chi connectivity index (χ1v) is 11.2. The van der Waals surface area contributed by atoms with Crippen molar-refractivity contribution < 1.29 is 17.9 Å². The number of benzene rings is 2. The van der Waals surface area contributed by atoms with Crippen LogP contribution in [-0.2, 0) is 14.8 Å². The Bertz CT molecular complexity index is 996. The molecule has 0 bridgehead atoms. The second-order valence-electron chi connectivity index (χ2n) is 6.08. The average molecular weight is 539 g/mol. The molecule has 0 spiro atoms. The largest absolute Gasteiger partial charge is 0.495 e. The molecule has 27 heavy (non-hydrogen) atoms. The van der Waals surface area contributed by atoms with E-state index in [1.165, 1.54) is 19.2 Å². The van der Waals surface area contributed by atoms with E-state index >= 15 is 0 Å². The summed E-state index contributed by atoms with van der Waals surface area (Å²) >= 11 is 13.1. The number of ether oxygens (including phenoxy) is 1. The Morgan fingerprint density at radius 3 is 2.41 bits per heavy atom. The number of anilines is 1. The third-order valence-electron chi connectivity index (χ3n) is 4.32. The van der Waals surface area contributed by atoms with Crippen LogP contribution in [0.3, 0.4) is 0 Å². The van der Waals surface area contributed by atoms with Crippen molar-refractivity contribution in [3.63, 3.8) is 0 Å². The van der Waals surface area contributed by atoms with E-state index in [4.69, 9.17) is 21.5 Å². The van der Waals surface area contributed by atoms with E-state index in [1.54, 1.807) is 30.3 Å². The molecule has 0 aromatic heterocycles. The summed E-state index contributed by atoms with van der Waals surface area (Å²) in [4.78, 5) is 12.8. The van der Waals surface area contributed by atoms with Crippen molar-refractivity contribution in [3.8, 4) is 5.75 Å². The Balaban J connectivity index is 1.81. The molecule has 2 unspecified atom stereocenters. The fraction of sp³-hybridized carbons (Fsp3) is 0.235. The summed E-state index contributed by atoms with van der Waals surface area (Å²) in [5.41, 5.74) is 1.27. The molecular weight excluding hydrogens is 524 g/mol. The Morgan fingerprint density at radius 2 is 1.85 bits per heavy atom. The standard InChI is InChI=1S/C17H15Br2ClN2O4S/c1-26-13-7-4-10(20)8-12(13)22-16(23)15-14(17(15,18)19)9-2-5-11(6-3-9)27(21,24)25/h2-8,14-15H,1H3,(H,22,23)(H2,21,24,25). The molecule has 0 saturated heterocycles. The van der Waals surface area contributed by atoms with E-state index in [2.05, 4.69) is 37.2 Å². The fourth-order valence-electron chi connectivity index (χ4n) is 2.92. The molecule has 144 valence electrons. The van der Waals surface area contributed by atoms with Crippen molar-refractivity contribution in [2.45, 2.75) is 14.0 Å². The number of carbonyl (C=O) groups excluding carboxylic acids is 1. The van der Waals surface area contributed by atoms with Crippen LogP contribution in [0.25, 0.3) is 0 Å². The molecule has 6 nitrogen and oxygen atoms in total. The first kappa shape index (κ1) is 20.6. The normalized spacial score (nSPS) is 20.8. The zero-order chi connectivity index (χ0) is 20.0. The molecule has 2 aromatic carbocycles. The van der Waals surface area contributed by atoms with E-state index in [0.29, 0.717) is 16.5 Å². The second kappa shape index (κ2) is 7.36. The summed E-state index contributed by atoms with van der Waals surface area (Å²) in [6.07, 6.45) is 0. The van der Waals surface area contributed by atoms with E-state index in [-0.39, 0.29) is 16.7 Å². The molecule has 2 aromatic rings. The first-order chi connectivity index (χ1) is 12.6. The molecule has 2 atom stereocenters. The Hall–Kier alpha value is -1.13. The predicted octanol–water partition coefficient (Wildman–Crippen LogP) is 3.83. The Labute approximate surface area is 178 Å². The monoisotopic (exact) mass is 536 g/mol. The zero-order valence-corrected chi connectivity index (χ0v) is 18.7. The van der Waals surface area contributed by atoms with Crippen molar-refractivity contribution in [3.05, 3.63) is 53.1 Å². The number of methoxy groups -OCH3 is 1. The van der Waals surface area contributed by atoms with Crippen molar-refractivity contribution in [2.75, 3.05) is 12.4 Å². The van der Waals surface area contributed by atoms with Gasteiger partial charge >= 0.3 is 0 Å². The van der Waals surface area contributed by atoms with Crippen LogP contribution in [0, 0.1) is 5.92 Å². The molecule has 10 heteroatoms. The maximum Gasteiger partial charge on any atom is 0.238 e. The number of nitrogens with one attached hydrogen (secondary N) is 1. The van der Waals surface area contributed by atoms with Gasteiger partial charge in [-0.15, -0.1) is 0 Å². The van der Waals surface area contributed by atoms with Gasteiger partial charge < -0.3 is 10.1 Å². The van der Waals surface area contributed by atoms with Crippen LogP contribution in [0.5, 0.6) is 5.75 Å². The molecule has 0 aliphatic heterocycles. The molecule has 3 N–H and O–H groups in total. The summed E-state index contributed by atoms with van der Waals surface area (Å²) in [6.45, 7) is 0. The third kappa shape index (κ3) is 4.17. The van der Waals surface area contributed by atoms with Gasteiger partial charge in [-0.25, -0.2) is 13.6 Å². The van der Waals surface area contributed by atoms with Gasteiger partial charge in [0, 0.05) is 10.9 Å². The smallest absolute Gasteiger partial charge is 0.238 e. The Kier molecular flexibility index (Phi) is 5.62. The molecule has 1 amide bonds. The van der Waals surface area contributed by atoms with E-state index in [1.807, 2.05) is 0 Å². The molecular formula is C17H15Br2ClN2O4S. The van der Waals surface area contributed by atoms with Crippen LogP contribution in [0.1, 0.15) is 11.5 Å². The SMILES string of the molecule is COc1ccc(Cl)cc1NC(=O)C1C(c2ccc(S(N)(=O)=O)cc2)C1(Br)Br. The van der Waals surface area contributed by atoms with E-state index in [9.17, 15) is 13.2 Å². The molecule has 3 rings (SSSR count). The predicted molar refractivity (Wildman–Crippen MR) is 111 cm³/mol. The first-order valence-electron chi connectivity index (χ1n) is 7.70. The number of alkyl halides is 2. The molecule has 0 heterocycles. The number of hydrogen-bond acceptors (Lipinski definition) is 4. The molecule has 1 saturated carbocycles. The third-order valence-corrected chi connectivity index (χ3v) is 7.46. The van der Waals surface area contributed by atoms with Crippen molar-refractivity contribution in [1.82, 2.24) is 0 Å². The van der Waals surface area contributed by atoms with E-state index < -0.39 is 19.2 Å². The second-order valence-corrected chi connectivity index (χ2v) is 11.8. The fourth-order valence-corrected chi connectivity index (χ4v) is 5.35. The highest BCUT2D eigenvalue weighted by Gasteiger charge is 2.66. The van der Waals surface area contributed by atoms with Gasteiger partial charge in [0.1, 0.15) is 8.98 Å². The zero-order valence-electron chi connectivity index (χ0n) is 13.9. The van der Waals surface area contributed by atoms with Gasteiger partial charge in [-0.05, 0) is 35.9 Å². The molecule has 1 fully saturated rings. The minimum Gasteiger partial charge on any atom is -0.495 e. The maximum absolute atomic E-state index is 12.8. The average Bonchev–Trinajstić information content (AvgIpc) is 3.17. The number of nitrogens with two attached hydrogens (primary N) is 1. The van der Waals surface area contributed by atoms with Crippen LogP contribution >= 0.6 is 43.5 Å². The number of primary sulfonamides is 1. The highest BCUT2D eigenvalue weighted by Crippen LogP contribution is 2.67. The van der Waals surface area contributed by atoms with Crippen LogP contribution in [0.4, 0.5) is 5.69 Å². The lowest BCUT2D eigenvalue weighted by Gasteiger charge is -2.10. The number of halogens is 3. The van der Waals surface area contributed by atoms with Crippen LogP contribution in [0.15, 0.2) is 47.4 Å². The van der Waals surface area contributed by atoms with Crippen LogP contribution < -0.4 is 15.2 Å². The molecule has 1 aliphatic rings. The summed E-state index contributed by atoms with van der Waals surface area (Å²) in [7, 11) is -2.26. The number of sulfonamides is 1. The minimum absolute atomic E-state index is 0.0197. The topological polar surface area (TPSA) is 98.5 Å². The number of amides is 1. The van der Waals surface area contributed by atoms with Gasteiger partial charge in [-0.3, -0.25) is 4.79 Å². The van der Waals surface area contributed by atoms with Gasteiger partial charge in [-0.2, -0.15) is 0 Å². The van der Waals surface area contributed by atoms with Gasteiger partial charge in [0.05, 0.1) is 23.6 Å². The van der Waals surface area contributed by atoms with Crippen molar-refractivity contribution in [1.29, 1.82) is 0 Å². The van der Waals surface area contributed by atoms with Crippen molar-refractivity contribution >= 4 is 65.1 Å². The summed E-state index contributed by atoms with van der Waals surface area (Å²) in [5.74, 6) is -0.360. The molecule has 0 radical (unpaired) electrons. The maximum atomic E-state index is 12.8. The van der Waals surface area contributed by atoms with E-state index in [0.717, 1.165) is 5.56 Å². The number of hydrogen-bond donors (Lipinski definition) is 2. The Morgan fingerprint density at radius 1 is 1.22 bits per heavy atom. The lowest BCUT2D eigenvalue weighted by Crippen LogP contribution is -2.17. The summed E-state index contributed by atoms with van der Waals surface area (Å²) in [6, 6.07) is 11.1. The summed E-state index contributed by atoms with van der Waals surface area (Å²) < 4.78 is 27.4. The highest BCUT2D eigenvalue weighted by atomic mass is 79.9. The number of rotatable bonds is 5. The number of carbonyl (C=O) groups is 1. The summed E-state index contributed by atoms with van der Waals surface area (Å²) in [5, 5.41) is 8.42. The van der Waals surface area contributed by atoms with Crippen LogP contribution in [-0.4, -0.2) is 24.7 Å². The van der Waals surface area contributed by atoms with Crippen molar-refractivity contribution in [2.24, 2.45) is 11.1 Å². The van der Waals surface area contributed by atoms with Gasteiger partial charge in [0.2, 0.25) is 15.9 Å². The van der Waals surface area contributed by atoms with Crippen LogP contribution in [0.2, 0.25) is 5.02 Å². The van der Waals surface area contributed by atoms with Gasteiger partial charge in [0.25, 0.3) is 0 Å². The van der Waals surface area contributed by atoms with Gasteiger partial charge in [-0.1, -0.05) is 55.6 Å². The minimum atomic E-state index is -3.77. The highest BCUT2D eigenvalue weighted by molar-refractivity contribution is 9.25. The lowest BCUT2D eigenvalue weighted by molar-refractivity contribution is -0.117. The molecule has 1 aliphatic carbocycles. The lowest BCUT2D eigenvalue weighted by atomic mass is 10.1.